The van der Waals surface area contributed by atoms with Crippen molar-refractivity contribution >= 4 is 27.7 Å². The van der Waals surface area contributed by atoms with Crippen molar-refractivity contribution in [1.82, 2.24) is 15.1 Å². The van der Waals surface area contributed by atoms with Crippen molar-refractivity contribution < 1.29 is 31.9 Å². The fraction of sp³-hybridized carbons (Fsp3) is 0.591. The third-order valence-electron chi connectivity index (χ3n) is 5.83. The molecule has 0 aromatic heterocycles. The van der Waals surface area contributed by atoms with E-state index in [0.29, 0.717) is 44.3 Å². The molecule has 0 spiro atoms. The highest BCUT2D eigenvalue weighted by molar-refractivity contribution is 7.91. The Morgan fingerprint density at radius 1 is 1.15 bits per heavy atom. The van der Waals surface area contributed by atoms with E-state index in [2.05, 4.69) is 5.32 Å². The number of hydrogen-bond acceptors (Lipinski definition) is 6. The molecule has 0 unspecified atom stereocenters. The highest BCUT2D eigenvalue weighted by atomic mass is 32.2. The Morgan fingerprint density at radius 3 is 2.61 bits per heavy atom. The molecule has 2 heterocycles. The van der Waals surface area contributed by atoms with Gasteiger partial charge in [0.25, 0.3) is 0 Å². The average Bonchev–Trinajstić information content (AvgIpc) is 3.30. The summed E-state index contributed by atoms with van der Waals surface area (Å²) in [6.07, 6.45) is 2.92. The van der Waals surface area contributed by atoms with Crippen LogP contribution in [0.1, 0.15) is 50.5 Å². The Kier molecular flexibility index (Phi) is 8.28. The van der Waals surface area contributed by atoms with Crippen molar-refractivity contribution in [1.29, 1.82) is 0 Å². The van der Waals surface area contributed by atoms with Gasteiger partial charge in [0.2, 0.25) is 11.8 Å². The Morgan fingerprint density at radius 2 is 1.94 bits per heavy atom. The van der Waals surface area contributed by atoms with Gasteiger partial charge >= 0.3 is 6.03 Å². The molecule has 1 aromatic carbocycles. The molecule has 33 heavy (non-hydrogen) atoms. The lowest BCUT2D eigenvalue weighted by Crippen LogP contribution is -2.29. The quantitative estimate of drug-likeness (QED) is 0.360. The second kappa shape index (κ2) is 11.0. The van der Waals surface area contributed by atoms with Crippen LogP contribution in [0.25, 0.3) is 0 Å². The Hall–Kier alpha value is -2.69. The van der Waals surface area contributed by atoms with Gasteiger partial charge in [-0.05, 0) is 42.9 Å². The molecule has 0 aliphatic carbocycles. The summed E-state index contributed by atoms with van der Waals surface area (Å²) in [7, 11) is -3.34. The number of rotatable bonds is 12. The monoisotopic (exact) mass is 483 g/mol. The third kappa shape index (κ3) is 7.15. The van der Waals surface area contributed by atoms with E-state index in [9.17, 15) is 27.2 Å². The smallest absolute Gasteiger partial charge is 0.324 e. The van der Waals surface area contributed by atoms with Crippen LogP contribution in [0.3, 0.4) is 0 Å². The van der Waals surface area contributed by atoms with Crippen LogP contribution >= 0.6 is 0 Å². The largest absolute Gasteiger partial charge is 0.470 e. The lowest BCUT2D eigenvalue weighted by Gasteiger charge is -2.18. The van der Waals surface area contributed by atoms with Crippen molar-refractivity contribution in [2.75, 3.05) is 37.9 Å². The normalized spacial score (nSPS) is 17.6. The van der Waals surface area contributed by atoms with Crippen LogP contribution in [0.2, 0.25) is 0 Å². The molecule has 182 valence electrons. The van der Waals surface area contributed by atoms with Gasteiger partial charge < -0.3 is 14.5 Å². The Bertz CT molecular complexity index is 1000. The number of likely N-dealkylation sites (tertiary alicyclic amines) is 1. The number of carbonyl (C=O) groups is 3. The van der Waals surface area contributed by atoms with Crippen molar-refractivity contribution in [3.63, 3.8) is 0 Å². The van der Waals surface area contributed by atoms with Crippen LogP contribution in [0.4, 0.5) is 9.18 Å². The first kappa shape index (κ1) is 24.9. The number of nitrogens with zero attached hydrogens (tertiary/aromatic N) is 2. The fourth-order valence-corrected chi connectivity index (χ4v) is 5.72. The standard InChI is InChI=1S/C22H30FN3O6S/c1-16(14-33(30,31)11-4-2-3-9-25-13-20(27)24-22(25)29)17-7-8-18(23)19(12-17)32-15-26-10-5-6-21(26)28/h7-8,12,16H,2-6,9-11,13-15H2,1H3,(H,24,27,29)/t16-/m0/s1. The van der Waals surface area contributed by atoms with E-state index in [-0.39, 0.29) is 48.3 Å². The summed E-state index contributed by atoms with van der Waals surface area (Å²) in [6, 6.07) is 3.89. The van der Waals surface area contributed by atoms with Crippen LogP contribution in [-0.2, 0) is 19.4 Å². The first-order valence-electron chi connectivity index (χ1n) is 11.1. The molecule has 9 nitrogen and oxygen atoms in total. The summed E-state index contributed by atoms with van der Waals surface area (Å²) in [4.78, 5) is 37.3. The van der Waals surface area contributed by atoms with Crippen molar-refractivity contribution in [3.05, 3.63) is 29.6 Å². The van der Waals surface area contributed by atoms with E-state index in [4.69, 9.17) is 4.74 Å². The molecule has 1 N–H and O–H groups in total. The van der Waals surface area contributed by atoms with Gasteiger partial charge in [0.05, 0.1) is 11.5 Å². The molecular weight excluding hydrogens is 453 g/mol. The first-order valence-corrected chi connectivity index (χ1v) is 13.0. The average molecular weight is 484 g/mol. The summed E-state index contributed by atoms with van der Waals surface area (Å²) in [5.74, 6) is -1.32. The maximum absolute atomic E-state index is 14.1. The molecule has 2 fully saturated rings. The molecule has 4 amide bonds. The second-order valence-electron chi connectivity index (χ2n) is 8.57. The summed E-state index contributed by atoms with van der Waals surface area (Å²) < 4.78 is 44.7. The predicted octanol–water partition coefficient (Wildman–Crippen LogP) is 2.02. The maximum atomic E-state index is 14.1. The number of ether oxygens (including phenoxy) is 1. The molecule has 0 saturated carbocycles. The van der Waals surface area contributed by atoms with Crippen molar-refractivity contribution in [2.45, 2.75) is 44.9 Å². The summed E-state index contributed by atoms with van der Waals surface area (Å²) in [5.41, 5.74) is 0.646. The minimum Gasteiger partial charge on any atom is -0.470 e. The number of imide groups is 1. The molecule has 0 bridgehead atoms. The van der Waals surface area contributed by atoms with E-state index < -0.39 is 21.7 Å². The number of nitrogens with one attached hydrogen (secondary N) is 1. The molecular formula is C22H30FN3O6S. The zero-order chi connectivity index (χ0) is 24.0. The molecule has 2 saturated heterocycles. The molecule has 1 atom stereocenters. The van der Waals surface area contributed by atoms with E-state index in [1.54, 1.807) is 13.0 Å². The summed E-state index contributed by atoms with van der Waals surface area (Å²) in [5, 5.41) is 2.20. The minimum absolute atomic E-state index is 0.000814. The van der Waals surface area contributed by atoms with Gasteiger partial charge in [-0.1, -0.05) is 19.4 Å². The fourth-order valence-electron chi connectivity index (χ4n) is 3.95. The highest BCUT2D eigenvalue weighted by Crippen LogP contribution is 2.26. The van der Waals surface area contributed by atoms with Crippen LogP contribution in [0.5, 0.6) is 5.75 Å². The molecule has 3 rings (SSSR count). The molecule has 1 aromatic rings. The number of carbonyl (C=O) groups excluding carboxylic acids is 3. The second-order valence-corrected chi connectivity index (χ2v) is 10.8. The lowest BCUT2D eigenvalue weighted by atomic mass is 10.0. The highest BCUT2D eigenvalue weighted by Gasteiger charge is 2.26. The minimum atomic E-state index is -3.34. The number of halogens is 1. The molecule has 2 aliphatic rings. The van der Waals surface area contributed by atoms with Crippen LogP contribution in [0, 0.1) is 5.82 Å². The Labute approximate surface area is 193 Å². The van der Waals surface area contributed by atoms with Crippen molar-refractivity contribution in [2.24, 2.45) is 0 Å². The Balaban J connectivity index is 1.44. The summed E-state index contributed by atoms with van der Waals surface area (Å²) in [6.45, 7) is 2.78. The lowest BCUT2D eigenvalue weighted by molar-refractivity contribution is -0.130. The maximum Gasteiger partial charge on any atom is 0.324 e. The van der Waals surface area contributed by atoms with Crippen LogP contribution in [-0.4, -0.2) is 73.9 Å². The molecule has 0 radical (unpaired) electrons. The zero-order valence-electron chi connectivity index (χ0n) is 18.7. The molecule has 2 aliphatic heterocycles. The van der Waals surface area contributed by atoms with Crippen molar-refractivity contribution in [3.8, 4) is 5.75 Å². The van der Waals surface area contributed by atoms with Gasteiger partial charge in [-0.15, -0.1) is 0 Å². The SMILES string of the molecule is C[C@@H](CS(=O)(=O)CCCCCN1CC(=O)NC1=O)c1ccc(F)c(OCN2CCCC2=O)c1. The number of amides is 4. The van der Waals surface area contributed by atoms with E-state index in [1.807, 2.05) is 0 Å². The van der Waals surface area contributed by atoms with Gasteiger partial charge in [-0.2, -0.15) is 0 Å². The van der Waals surface area contributed by atoms with E-state index in [0.717, 1.165) is 6.42 Å². The number of unbranched alkanes of at least 4 members (excludes halogenated alkanes) is 2. The van der Waals surface area contributed by atoms with Crippen LogP contribution < -0.4 is 10.1 Å². The van der Waals surface area contributed by atoms with Gasteiger partial charge in [0, 0.05) is 19.5 Å². The number of hydrogen-bond donors (Lipinski definition) is 1. The van der Waals surface area contributed by atoms with Gasteiger partial charge in [0.15, 0.2) is 28.1 Å². The van der Waals surface area contributed by atoms with E-state index >= 15 is 0 Å². The number of benzene rings is 1. The summed E-state index contributed by atoms with van der Waals surface area (Å²) >= 11 is 0. The third-order valence-corrected chi connectivity index (χ3v) is 7.75. The van der Waals surface area contributed by atoms with Gasteiger partial charge in [-0.3, -0.25) is 14.9 Å². The topological polar surface area (TPSA) is 113 Å². The number of sulfone groups is 1. The van der Waals surface area contributed by atoms with Gasteiger partial charge in [0.1, 0.15) is 6.54 Å². The molecule has 11 heteroatoms. The van der Waals surface area contributed by atoms with E-state index in [1.165, 1.54) is 21.9 Å². The van der Waals surface area contributed by atoms with Crippen LogP contribution in [0.15, 0.2) is 18.2 Å². The zero-order valence-corrected chi connectivity index (χ0v) is 19.5. The number of urea groups is 1. The van der Waals surface area contributed by atoms with Gasteiger partial charge in [-0.25, -0.2) is 17.6 Å². The predicted molar refractivity (Wildman–Crippen MR) is 119 cm³/mol. The first-order chi connectivity index (χ1) is 15.6.